The summed E-state index contributed by atoms with van der Waals surface area (Å²) in [4.78, 5) is 29.1. The number of hydrogen-bond acceptors (Lipinski definition) is 4. The molecule has 0 rings (SSSR count). The Morgan fingerprint density at radius 3 is 1.63 bits per heavy atom. The summed E-state index contributed by atoms with van der Waals surface area (Å²) in [6, 6.07) is 0. The van der Waals surface area contributed by atoms with Crippen molar-refractivity contribution in [3.63, 3.8) is 0 Å². The number of halogens is 5. The van der Waals surface area contributed by atoms with Gasteiger partial charge in [-0.05, 0) is 49.3 Å². The highest BCUT2D eigenvalue weighted by atomic mass is 79.9. The normalized spacial score (nSPS) is 9.50. The van der Waals surface area contributed by atoms with E-state index in [2.05, 4.69) is 41.1 Å². The fourth-order valence-electron chi connectivity index (χ4n) is 1.40. The Balaban J connectivity index is -0.000000100. The number of aliphatic carboxylic acids is 2. The maximum atomic E-state index is 10.6. The van der Waals surface area contributed by atoms with Gasteiger partial charge in [-0.25, -0.2) is 4.79 Å². The van der Waals surface area contributed by atoms with Gasteiger partial charge in [0.15, 0.2) is 0 Å². The summed E-state index contributed by atoms with van der Waals surface area (Å²) in [7, 11) is 0.523. The molecule has 0 saturated carbocycles. The van der Waals surface area contributed by atoms with Crippen molar-refractivity contribution in [2.24, 2.45) is 0 Å². The van der Waals surface area contributed by atoms with Crippen LogP contribution in [0.1, 0.15) is 51.4 Å². The zero-order valence-corrected chi connectivity index (χ0v) is 22.3. The molecule has 0 fully saturated rings. The molecule has 0 aromatic heterocycles. The first-order valence-corrected chi connectivity index (χ1v) is 12.9. The van der Waals surface area contributed by atoms with Gasteiger partial charge in [-0.3, -0.25) is 4.79 Å². The molecule has 0 heterocycles. The van der Waals surface area contributed by atoms with Gasteiger partial charge in [-0.1, -0.05) is 22.4 Å². The van der Waals surface area contributed by atoms with Crippen LogP contribution in [0, 0.1) is 0 Å². The Morgan fingerprint density at radius 2 is 1.33 bits per heavy atom. The van der Waals surface area contributed by atoms with Crippen molar-refractivity contribution >= 4 is 57.4 Å². The smallest absolute Gasteiger partial charge is 0.515 e. The quantitative estimate of drug-likeness (QED) is 0.138. The van der Waals surface area contributed by atoms with E-state index in [4.69, 9.17) is 20.1 Å². The summed E-state index contributed by atoms with van der Waals surface area (Å²) < 4.78 is 31.7. The van der Waals surface area contributed by atoms with Crippen molar-refractivity contribution < 1.29 is 59.9 Å². The van der Waals surface area contributed by atoms with Crippen molar-refractivity contribution in [2.75, 3.05) is 29.9 Å². The minimum atomic E-state index is -5.08. The first-order valence-electron chi connectivity index (χ1n) is 8.65. The molecule has 13 heteroatoms. The van der Waals surface area contributed by atoms with Gasteiger partial charge in [0.25, 0.3) is 0 Å². The fraction of sp³-hybridized carbons (Fsp3) is 0.824. The van der Waals surface area contributed by atoms with Crippen LogP contribution in [0.4, 0.5) is 13.2 Å². The van der Waals surface area contributed by atoms with Crippen molar-refractivity contribution in [1.29, 1.82) is 0 Å². The van der Waals surface area contributed by atoms with Gasteiger partial charge in [0.2, 0.25) is 0 Å². The van der Waals surface area contributed by atoms with Crippen LogP contribution in [-0.2, 0) is 25.3 Å². The minimum Gasteiger partial charge on any atom is -1.00 e. The Bertz CT molecular complexity index is 415. The fourth-order valence-corrected chi connectivity index (χ4v) is 2.58. The largest absolute Gasteiger partial charge is 1.00 e. The molecule has 0 unspecified atom stereocenters. The maximum absolute atomic E-state index is 10.6. The summed E-state index contributed by atoms with van der Waals surface area (Å²) in [6.07, 6.45) is 7.92. The number of carbonyl (C=O) groups is 3. The molecule has 184 valence electrons. The van der Waals surface area contributed by atoms with Crippen molar-refractivity contribution in [3.05, 3.63) is 0 Å². The van der Waals surface area contributed by atoms with E-state index in [1.54, 1.807) is 6.26 Å². The molecule has 0 aliphatic carbocycles. The van der Waals surface area contributed by atoms with Crippen LogP contribution >= 0.6 is 28.6 Å². The van der Waals surface area contributed by atoms with Crippen molar-refractivity contribution in [3.8, 4) is 0 Å². The molecular formula is C17H34Br2F3O6S2+. The summed E-state index contributed by atoms with van der Waals surface area (Å²) in [5, 5.41) is 23.0. The number of rotatable bonds is 11. The molecule has 6 nitrogen and oxygen atoms in total. The summed E-state index contributed by atoms with van der Waals surface area (Å²) in [5.41, 5.74) is 0. The molecule has 0 aromatic carbocycles. The number of thiol groups is 1. The predicted molar refractivity (Wildman–Crippen MR) is 120 cm³/mol. The van der Waals surface area contributed by atoms with Gasteiger partial charge >= 0.3 is 24.1 Å². The highest BCUT2D eigenvalue weighted by molar-refractivity contribution is 9.09. The molecule has 4 N–H and O–H groups in total. The molecule has 0 amide bonds. The van der Waals surface area contributed by atoms with Gasteiger partial charge in [0.1, 0.15) is 12.2 Å². The van der Waals surface area contributed by atoms with E-state index < -0.39 is 24.1 Å². The third-order valence-corrected chi connectivity index (χ3v) is 4.39. The first kappa shape index (κ1) is 40.2. The molecule has 30 heavy (non-hydrogen) atoms. The maximum Gasteiger partial charge on any atom is 0.515 e. The molecule has 0 atom stereocenters. The van der Waals surface area contributed by atoms with Crippen LogP contribution in [0.25, 0.3) is 0 Å². The van der Waals surface area contributed by atoms with Gasteiger partial charge in [-0.2, -0.15) is 25.8 Å². The van der Waals surface area contributed by atoms with E-state index >= 15 is 0 Å². The molecule has 0 aliphatic rings. The molecule has 0 saturated heterocycles. The lowest BCUT2D eigenvalue weighted by Gasteiger charge is -1.96. The lowest BCUT2D eigenvalue weighted by atomic mass is 10.2. The van der Waals surface area contributed by atoms with Gasteiger partial charge in [0, 0.05) is 16.5 Å². The Labute approximate surface area is 204 Å². The Morgan fingerprint density at radius 1 is 0.933 bits per heavy atom. The lowest BCUT2D eigenvalue weighted by molar-refractivity contribution is -0.192. The number of carboxylic acids is 2. The predicted octanol–water partition coefficient (Wildman–Crippen LogP) is 0.886. The summed E-state index contributed by atoms with van der Waals surface area (Å²) >= 11 is 6.81. The first-order chi connectivity index (χ1) is 13.3. The standard InChI is InChI=1S/C8H16O2S.C6H11BrO2.C2HF3O2.CH4S.BrH/c1-11(2)7-5-3-4-6-8(9)10;7-5-3-1-2-4-6(8)9;3-2(4,5)1(6)7;1-2;/h3-7H2,1-2H3;1-5H2,(H,8,9);(H,6,7);2H,1H3;1H/p+1. The monoisotopic (exact) mass is 613 g/mol. The topological polar surface area (TPSA) is 115 Å². The van der Waals surface area contributed by atoms with Crippen LogP contribution in [0.15, 0.2) is 0 Å². The van der Waals surface area contributed by atoms with Gasteiger partial charge < -0.3 is 32.3 Å². The lowest BCUT2D eigenvalue weighted by Crippen LogP contribution is -3.00. The van der Waals surface area contributed by atoms with Crippen LogP contribution in [0.5, 0.6) is 0 Å². The highest BCUT2D eigenvalue weighted by Gasteiger charge is 2.38. The Hall–Kier alpha value is -0.140. The summed E-state index contributed by atoms with van der Waals surface area (Å²) in [5.74, 6) is -2.62. The van der Waals surface area contributed by atoms with Gasteiger partial charge in [-0.15, -0.1) is 0 Å². The van der Waals surface area contributed by atoms with Gasteiger partial charge in [0.05, 0.1) is 12.5 Å². The SMILES string of the molecule is CS.C[S+](C)CCCCCC(=O)O.O=C(O)C(F)(F)F.O=C([OH2+])CCCCCBr.[Br-]. The van der Waals surface area contributed by atoms with E-state index in [1.807, 2.05) is 0 Å². The zero-order valence-electron chi connectivity index (χ0n) is 17.4. The average Bonchev–Trinajstić information content (AvgIpc) is 2.60. The van der Waals surface area contributed by atoms with E-state index in [0.717, 1.165) is 37.4 Å². The molecule has 0 aliphatic heterocycles. The second-order valence-corrected chi connectivity index (χ2v) is 8.79. The molecule has 0 bridgehead atoms. The van der Waals surface area contributed by atoms with Crippen LogP contribution < -0.4 is 17.0 Å². The molecule has 0 radical (unpaired) electrons. The van der Waals surface area contributed by atoms with E-state index in [1.165, 1.54) is 12.2 Å². The molecular weight excluding hydrogens is 581 g/mol. The summed E-state index contributed by atoms with van der Waals surface area (Å²) in [6.45, 7) is 0. The number of alkyl halides is 4. The molecule has 0 aromatic rings. The third-order valence-electron chi connectivity index (χ3n) is 2.72. The van der Waals surface area contributed by atoms with Crippen LogP contribution in [0.3, 0.4) is 0 Å². The van der Waals surface area contributed by atoms with Crippen LogP contribution in [0.2, 0.25) is 0 Å². The highest BCUT2D eigenvalue weighted by Crippen LogP contribution is 2.13. The van der Waals surface area contributed by atoms with Crippen molar-refractivity contribution in [2.45, 2.75) is 57.5 Å². The minimum absolute atomic E-state index is 0. The number of carboxylic acid groups (broad SMARTS) is 2. The van der Waals surface area contributed by atoms with E-state index in [-0.39, 0.29) is 17.0 Å². The Kier molecular flexibility index (Phi) is 38.7. The number of unbranched alkanes of at least 4 members (excludes halogenated alkanes) is 4. The van der Waals surface area contributed by atoms with E-state index in [9.17, 15) is 22.8 Å². The average molecular weight is 615 g/mol. The number of carbonyl (C=O) groups excluding carboxylic acids is 1. The second kappa shape index (κ2) is 28.9. The van der Waals surface area contributed by atoms with Crippen LogP contribution in [-0.4, -0.2) is 69.3 Å². The second-order valence-electron chi connectivity index (χ2n) is 5.62. The zero-order chi connectivity index (χ0) is 23.9. The van der Waals surface area contributed by atoms with E-state index in [0.29, 0.717) is 23.7 Å². The third kappa shape index (κ3) is 51.0. The number of hydrogen-bond donors (Lipinski definition) is 3. The van der Waals surface area contributed by atoms with Crippen molar-refractivity contribution in [1.82, 2.24) is 0 Å². The molecule has 0 spiro atoms.